The number of rotatable bonds is 6. The molecule has 1 fully saturated rings. The Labute approximate surface area is 174 Å². The van der Waals surface area contributed by atoms with Crippen LogP contribution < -0.4 is 19.9 Å². The summed E-state index contributed by atoms with van der Waals surface area (Å²) in [5.74, 6) is 1.04. The van der Waals surface area contributed by atoms with Crippen molar-refractivity contribution in [3.63, 3.8) is 0 Å². The van der Waals surface area contributed by atoms with E-state index in [9.17, 15) is 9.59 Å². The smallest absolute Gasteiger partial charge is 0.330 e. The van der Waals surface area contributed by atoms with Crippen molar-refractivity contribution in [2.75, 3.05) is 34.8 Å². The zero-order valence-corrected chi connectivity index (χ0v) is 16.6. The quantitative estimate of drug-likeness (QED) is 0.671. The first-order chi connectivity index (χ1) is 14.7. The number of para-hydroxylation sites is 1. The van der Waals surface area contributed by atoms with E-state index in [-0.39, 0.29) is 11.9 Å². The van der Waals surface area contributed by atoms with E-state index < -0.39 is 0 Å². The number of ether oxygens (including phenoxy) is 1. The summed E-state index contributed by atoms with van der Waals surface area (Å²) in [5.41, 5.74) is 1.95. The number of hydrogen-bond acceptors (Lipinski definition) is 4. The molecule has 1 N–H and O–H groups in total. The molecule has 30 heavy (non-hydrogen) atoms. The summed E-state index contributed by atoms with van der Waals surface area (Å²) in [6.07, 6.45) is 1.56. The van der Waals surface area contributed by atoms with Crippen LogP contribution in [-0.4, -0.2) is 36.6 Å². The molecule has 1 aliphatic rings. The molecule has 3 amide bonds. The highest BCUT2D eigenvalue weighted by molar-refractivity contribution is 6.06. The molecule has 0 saturated carbocycles. The van der Waals surface area contributed by atoms with Gasteiger partial charge in [0.15, 0.2) is 0 Å². The number of urea groups is 1. The van der Waals surface area contributed by atoms with Gasteiger partial charge in [-0.2, -0.15) is 0 Å². The average Bonchev–Trinajstić information content (AvgIpc) is 3.17. The molecular formula is C23H22N4O3. The van der Waals surface area contributed by atoms with E-state index in [0.29, 0.717) is 36.8 Å². The monoisotopic (exact) mass is 402 g/mol. The van der Waals surface area contributed by atoms with Crippen molar-refractivity contribution in [1.29, 1.82) is 0 Å². The number of aromatic nitrogens is 1. The lowest BCUT2D eigenvalue weighted by atomic mass is 10.2. The SMILES string of the molecule is CCOc1ccc(C(=O)Nc2ccc(N3CCN(c4ccccc4)C3=O)nc2)cc1. The van der Waals surface area contributed by atoms with E-state index in [2.05, 4.69) is 10.3 Å². The first kappa shape index (κ1) is 19.4. The number of hydrogen-bond donors (Lipinski definition) is 1. The molecule has 7 nitrogen and oxygen atoms in total. The third-order valence-electron chi connectivity index (χ3n) is 4.79. The molecule has 1 saturated heterocycles. The van der Waals surface area contributed by atoms with Crippen LogP contribution in [0.15, 0.2) is 72.9 Å². The minimum Gasteiger partial charge on any atom is -0.494 e. The van der Waals surface area contributed by atoms with Crippen LogP contribution >= 0.6 is 0 Å². The maximum atomic E-state index is 12.8. The van der Waals surface area contributed by atoms with Crippen LogP contribution in [0.3, 0.4) is 0 Å². The summed E-state index contributed by atoms with van der Waals surface area (Å²) in [6.45, 7) is 3.64. The number of carbonyl (C=O) groups is 2. The van der Waals surface area contributed by atoms with E-state index in [1.54, 1.807) is 52.4 Å². The standard InChI is InChI=1S/C23H22N4O3/c1-2-30-20-11-8-17(9-12-20)22(28)25-18-10-13-21(24-16-18)27-15-14-26(23(27)29)19-6-4-3-5-7-19/h3-13,16H,2,14-15H2,1H3,(H,25,28). The Hall–Kier alpha value is -3.87. The fourth-order valence-electron chi connectivity index (χ4n) is 3.29. The second-order valence-corrected chi connectivity index (χ2v) is 6.74. The fourth-order valence-corrected chi connectivity index (χ4v) is 3.29. The molecule has 0 radical (unpaired) electrons. The van der Waals surface area contributed by atoms with Crippen molar-refractivity contribution in [3.8, 4) is 5.75 Å². The Morgan fingerprint density at radius 1 is 1.00 bits per heavy atom. The maximum absolute atomic E-state index is 12.8. The van der Waals surface area contributed by atoms with Gasteiger partial charge in [-0.25, -0.2) is 9.78 Å². The van der Waals surface area contributed by atoms with Crippen LogP contribution in [0.4, 0.5) is 22.0 Å². The van der Waals surface area contributed by atoms with Gasteiger partial charge < -0.3 is 10.1 Å². The average molecular weight is 402 g/mol. The Morgan fingerprint density at radius 2 is 1.73 bits per heavy atom. The third-order valence-corrected chi connectivity index (χ3v) is 4.79. The van der Waals surface area contributed by atoms with Crippen LogP contribution in [0.1, 0.15) is 17.3 Å². The fraction of sp³-hybridized carbons (Fsp3) is 0.174. The number of benzene rings is 2. The molecule has 3 aromatic rings. The lowest BCUT2D eigenvalue weighted by Crippen LogP contribution is -2.32. The second-order valence-electron chi connectivity index (χ2n) is 6.74. The van der Waals surface area contributed by atoms with Gasteiger partial charge in [0, 0.05) is 24.3 Å². The number of anilines is 3. The van der Waals surface area contributed by atoms with Gasteiger partial charge in [0.25, 0.3) is 5.91 Å². The van der Waals surface area contributed by atoms with Crippen molar-refractivity contribution in [3.05, 3.63) is 78.5 Å². The Morgan fingerprint density at radius 3 is 2.40 bits per heavy atom. The van der Waals surface area contributed by atoms with Crippen molar-refractivity contribution in [2.45, 2.75) is 6.92 Å². The summed E-state index contributed by atoms with van der Waals surface area (Å²) < 4.78 is 5.39. The van der Waals surface area contributed by atoms with Gasteiger partial charge in [0.2, 0.25) is 0 Å². The molecule has 4 rings (SSSR count). The first-order valence-electron chi connectivity index (χ1n) is 9.80. The minimum atomic E-state index is -0.236. The van der Waals surface area contributed by atoms with Gasteiger partial charge >= 0.3 is 6.03 Å². The molecule has 2 aromatic carbocycles. The van der Waals surface area contributed by atoms with Gasteiger partial charge in [-0.1, -0.05) is 18.2 Å². The lowest BCUT2D eigenvalue weighted by Gasteiger charge is -2.18. The number of nitrogens with zero attached hydrogens (tertiary/aromatic N) is 3. The maximum Gasteiger partial charge on any atom is 0.330 e. The summed E-state index contributed by atoms with van der Waals surface area (Å²) in [5, 5.41) is 2.82. The van der Waals surface area contributed by atoms with Crippen molar-refractivity contribution in [1.82, 2.24) is 4.98 Å². The molecular weight excluding hydrogens is 380 g/mol. The molecule has 1 aromatic heterocycles. The summed E-state index contributed by atoms with van der Waals surface area (Å²) >= 11 is 0. The third kappa shape index (κ3) is 4.10. The van der Waals surface area contributed by atoms with Gasteiger partial charge in [0.05, 0.1) is 18.5 Å². The topological polar surface area (TPSA) is 74.8 Å². The highest BCUT2D eigenvalue weighted by Crippen LogP contribution is 2.24. The number of nitrogens with one attached hydrogen (secondary N) is 1. The zero-order chi connectivity index (χ0) is 20.9. The molecule has 1 aliphatic heterocycles. The normalized spacial score (nSPS) is 13.4. The van der Waals surface area contributed by atoms with E-state index in [1.807, 2.05) is 37.3 Å². The largest absolute Gasteiger partial charge is 0.494 e. The zero-order valence-electron chi connectivity index (χ0n) is 16.6. The molecule has 0 bridgehead atoms. The minimum absolute atomic E-state index is 0.111. The van der Waals surface area contributed by atoms with Crippen LogP contribution in [0.25, 0.3) is 0 Å². The van der Waals surface area contributed by atoms with Crippen molar-refractivity contribution in [2.24, 2.45) is 0 Å². The van der Waals surface area contributed by atoms with E-state index in [1.165, 1.54) is 0 Å². The van der Waals surface area contributed by atoms with E-state index in [4.69, 9.17) is 4.74 Å². The van der Waals surface area contributed by atoms with Gasteiger partial charge in [-0.05, 0) is 55.5 Å². The molecule has 2 heterocycles. The summed E-state index contributed by atoms with van der Waals surface area (Å²) in [7, 11) is 0. The molecule has 0 aliphatic carbocycles. The molecule has 0 unspecified atom stereocenters. The van der Waals surface area contributed by atoms with Crippen LogP contribution in [0.2, 0.25) is 0 Å². The summed E-state index contributed by atoms with van der Waals surface area (Å²) in [4.78, 5) is 32.9. The predicted octanol–water partition coefficient (Wildman–Crippen LogP) is 4.18. The number of amides is 3. The van der Waals surface area contributed by atoms with Crippen molar-refractivity contribution >= 4 is 29.1 Å². The van der Waals surface area contributed by atoms with Gasteiger partial charge in [-0.15, -0.1) is 0 Å². The van der Waals surface area contributed by atoms with Crippen LogP contribution in [0, 0.1) is 0 Å². The van der Waals surface area contributed by atoms with Crippen LogP contribution in [-0.2, 0) is 0 Å². The van der Waals surface area contributed by atoms with E-state index in [0.717, 1.165) is 11.4 Å². The molecule has 152 valence electrons. The highest BCUT2D eigenvalue weighted by atomic mass is 16.5. The highest BCUT2D eigenvalue weighted by Gasteiger charge is 2.31. The van der Waals surface area contributed by atoms with Gasteiger partial charge in [-0.3, -0.25) is 14.6 Å². The Bertz CT molecular complexity index is 1020. The summed E-state index contributed by atoms with van der Waals surface area (Å²) in [6, 6.07) is 19.9. The van der Waals surface area contributed by atoms with Crippen LogP contribution in [0.5, 0.6) is 5.75 Å². The Kier molecular flexibility index (Phi) is 5.61. The molecule has 0 atom stereocenters. The molecule has 0 spiro atoms. The van der Waals surface area contributed by atoms with Gasteiger partial charge in [0.1, 0.15) is 11.6 Å². The second kappa shape index (κ2) is 8.65. The van der Waals surface area contributed by atoms with E-state index >= 15 is 0 Å². The van der Waals surface area contributed by atoms with Crippen molar-refractivity contribution < 1.29 is 14.3 Å². The predicted molar refractivity (Wildman–Crippen MR) is 116 cm³/mol. The lowest BCUT2D eigenvalue weighted by molar-refractivity contribution is 0.102. The Balaban J connectivity index is 1.40. The first-order valence-corrected chi connectivity index (χ1v) is 9.80. The molecule has 7 heteroatoms. The number of carbonyl (C=O) groups excluding carboxylic acids is 2. The number of pyridine rings is 1.